The van der Waals surface area contributed by atoms with Crippen LogP contribution in [0.2, 0.25) is 0 Å². The smallest absolute Gasteiger partial charge is 0.250 e. The van der Waals surface area contributed by atoms with E-state index < -0.39 is 0 Å². The third-order valence-corrected chi connectivity index (χ3v) is 5.08. The molecule has 23 heavy (non-hydrogen) atoms. The lowest BCUT2D eigenvalue weighted by atomic mass is 9.63. The van der Waals surface area contributed by atoms with Gasteiger partial charge in [-0.05, 0) is 44.9 Å². The summed E-state index contributed by atoms with van der Waals surface area (Å²) in [6, 6.07) is 3.66. The van der Waals surface area contributed by atoms with Crippen LogP contribution in [0.1, 0.15) is 38.4 Å². The topological polar surface area (TPSA) is 34.4 Å². The van der Waals surface area contributed by atoms with Crippen LogP contribution in [0.4, 0.5) is 0 Å². The summed E-state index contributed by atoms with van der Waals surface area (Å²) in [5, 5.41) is 0. The van der Waals surface area contributed by atoms with E-state index in [1.165, 1.54) is 16.7 Å². The van der Waals surface area contributed by atoms with Crippen molar-refractivity contribution in [2.75, 3.05) is 0 Å². The van der Waals surface area contributed by atoms with Crippen molar-refractivity contribution >= 4 is 6.21 Å². The average molecular weight is 308 g/mol. The van der Waals surface area contributed by atoms with Crippen LogP contribution < -0.4 is 5.56 Å². The zero-order valence-electron chi connectivity index (χ0n) is 14.3. The molecular weight excluding hydrogens is 284 g/mol. The molecule has 2 bridgehead atoms. The van der Waals surface area contributed by atoms with E-state index in [0.29, 0.717) is 5.92 Å². The molecule has 2 atom stereocenters. The summed E-state index contributed by atoms with van der Waals surface area (Å²) < 4.78 is 1.79. The number of pyridine rings is 1. The van der Waals surface area contributed by atoms with Gasteiger partial charge in [0.05, 0.1) is 0 Å². The second-order valence-corrected chi connectivity index (χ2v) is 6.50. The van der Waals surface area contributed by atoms with Gasteiger partial charge < -0.3 is 4.57 Å². The van der Waals surface area contributed by atoms with E-state index in [1.807, 2.05) is 38.4 Å². The highest BCUT2D eigenvalue weighted by molar-refractivity contribution is 5.72. The Morgan fingerprint density at radius 3 is 2.83 bits per heavy atom. The molecule has 3 nitrogen and oxygen atoms in total. The van der Waals surface area contributed by atoms with Gasteiger partial charge in [0.25, 0.3) is 0 Å². The molecule has 0 saturated heterocycles. The van der Waals surface area contributed by atoms with E-state index in [1.54, 1.807) is 10.6 Å². The van der Waals surface area contributed by atoms with E-state index in [-0.39, 0.29) is 11.1 Å². The van der Waals surface area contributed by atoms with Gasteiger partial charge >= 0.3 is 0 Å². The lowest BCUT2D eigenvalue weighted by Crippen LogP contribution is -2.42. The zero-order chi connectivity index (χ0) is 16.6. The fourth-order valence-corrected chi connectivity index (χ4v) is 4.13. The summed E-state index contributed by atoms with van der Waals surface area (Å²) in [6.45, 7) is 6.28. The Labute approximate surface area is 137 Å². The minimum absolute atomic E-state index is 0.0547. The lowest BCUT2D eigenvalue weighted by molar-refractivity contribution is 0.405. The fraction of sp³-hybridized carbons (Fsp3) is 0.400. The third kappa shape index (κ3) is 2.35. The van der Waals surface area contributed by atoms with Crippen LogP contribution in [0, 0.1) is 5.92 Å². The van der Waals surface area contributed by atoms with Crippen molar-refractivity contribution in [2.45, 2.75) is 39.2 Å². The molecule has 0 aliphatic heterocycles. The Morgan fingerprint density at radius 1 is 1.35 bits per heavy atom. The Hall–Kier alpha value is -2.16. The Bertz CT molecular complexity index is 807. The van der Waals surface area contributed by atoms with Crippen LogP contribution in [0.3, 0.4) is 0 Å². The largest absolute Gasteiger partial charge is 0.315 e. The second kappa shape index (κ2) is 5.80. The SMILES string of the molecule is C/C=C1/C2C=C(C)CC1(N=C/C=C/C)c1ccc(=O)n(C)c1C2. The number of nitrogens with zero attached hydrogens (tertiary/aromatic N) is 2. The molecular formula is C20H24N2O. The van der Waals surface area contributed by atoms with Crippen molar-refractivity contribution in [3.63, 3.8) is 0 Å². The van der Waals surface area contributed by atoms with E-state index in [4.69, 9.17) is 4.99 Å². The van der Waals surface area contributed by atoms with Crippen molar-refractivity contribution in [2.24, 2.45) is 18.0 Å². The van der Waals surface area contributed by atoms with Crippen LogP contribution >= 0.6 is 0 Å². The monoisotopic (exact) mass is 308 g/mol. The molecule has 3 rings (SSSR count). The predicted molar refractivity (Wildman–Crippen MR) is 96.0 cm³/mol. The van der Waals surface area contributed by atoms with Crippen LogP contribution in [0.15, 0.2) is 57.4 Å². The third-order valence-electron chi connectivity index (χ3n) is 5.08. The number of hydrogen-bond donors (Lipinski definition) is 0. The maximum Gasteiger partial charge on any atom is 0.250 e. The summed E-state index contributed by atoms with van der Waals surface area (Å²) in [7, 11) is 1.87. The molecule has 0 saturated carbocycles. The highest BCUT2D eigenvalue weighted by Gasteiger charge is 2.46. The van der Waals surface area contributed by atoms with Gasteiger partial charge in [-0.25, -0.2) is 0 Å². The molecule has 0 aromatic carbocycles. The summed E-state index contributed by atoms with van der Waals surface area (Å²) in [5.74, 6) is 0.331. The van der Waals surface area contributed by atoms with Crippen molar-refractivity contribution in [1.29, 1.82) is 0 Å². The Kier molecular flexibility index (Phi) is 3.97. The maximum absolute atomic E-state index is 12.1. The summed E-state index contributed by atoms with van der Waals surface area (Å²) in [5.41, 5.74) is 4.72. The van der Waals surface area contributed by atoms with E-state index in [9.17, 15) is 4.79 Å². The molecule has 1 aromatic heterocycles. The van der Waals surface area contributed by atoms with Crippen LogP contribution in [0.25, 0.3) is 0 Å². The van der Waals surface area contributed by atoms with Gasteiger partial charge in [0.1, 0.15) is 5.54 Å². The number of aromatic nitrogens is 1. The van der Waals surface area contributed by atoms with E-state index in [0.717, 1.165) is 18.5 Å². The Balaban J connectivity index is 2.32. The first kappa shape index (κ1) is 15.7. The number of allylic oxidation sites excluding steroid dienone is 4. The highest BCUT2D eigenvalue weighted by Crippen LogP contribution is 2.52. The number of hydrogen-bond acceptors (Lipinski definition) is 2. The van der Waals surface area contributed by atoms with Gasteiger partial charge in [-0.3, -0.25) is 9.79 Å². The highest BCUT2D eigenvalue weighted by atomic mass is 16.1. The van der Waals surface area contributed by atoms with E-state index >= 15 is 0 Å². The van der Waals surface area contributed by atoms with Crippen molar-refractivity contribution < 1.29 is 0 Å². The first-order valence-electron chi connectivity index (χ1n) is 8.23. The van der Waals surface area contributed by atoms with Crippen LogP contribution in [0.5, 0.6) is 0 Å². The summed E-state index contributed by atoms with van der Waals surface area (Å²) >= 11 is 0. The molecule has 2 aliphatic carbocycles. The van der Waals surface area contributed by atoms with Gasteiger partial charge in [0, 0.05) is 42.9 Å². The molecule has 0 radical (unpaired) electrons. The maximum atomic E-state index is 12.1. The van der Waals surface area contributed by atoms with Crippen LogP contribution in [-0.2, 0) is 19.0 Å². The van der Waals surface area contributed by atoms with Crippen molar-refractivity contribution in [3.05, 3.63) is 69.2 Å². The Morgan fingerprint density at radius 2 is 2.13 bits per heavy atom. The van der Waals surface area contributed by atoms with E-state index in [2.05, 4.69) is 26.0 Å². The molecule has 1 aromatic rings. The van der Waals surface area contributed by atoms with Crippen LogP contribution in [-0.4, -0.2) is 10.8 Å². The molecule has 3 heteroatoms. The van der Waals surface area contributed by atoms with Gasteiger partial charge in [-0.2, -0.15) is 0 Å². The quantitative estimate of drug-likeness (QED) is 0.606. The summed E-state index contributed by atoms with van der Waals surface area (Å²) in [4.78, 5) is 17.1. The molecule has 0 fully saturated rings. The molecule has 120 valence electrons. The molecule has 0 amide bonds. The number of aliphatic imine (C=N–C) groups is 1. The molecule has 2 aliphatic rings. The fourth-order valence-electron chi connectivity index (χ4n) is 4.13. The molecule has 0 N–H and O–H groups in total. The lowest BCUT2D eigenvalue weighted by Gasteiger charge is -2.45. The minimum Gasteiger partial charge on any atom is -0.315 e. The first-order chi connectivity index (χ1) is 11.0. The minimum atomic E-state index is -0.364. The normalized spacial score (nSPS) is 28.4. The summed E-state index contributed by atoms with van der Waals surface area (Å²) in [6.07, 6.45) is 12.2. The van der Waals surface area contributed by atoms with Gasteiger partial charge in [0.15, 0.2) is 0 Å². The zero-order valence-corrected chi connectivity index (χ0v) is 14.3. The molecule has 2 unspecified atom stereocenters. The molecule has 0 spiro atoms. The van der Waals surface area contributed by atoms with Crippen molar-refractivity contribution in [3.8, 4) is 0 Å². The van der Waals surface area contributed by atoms with Gasteiger partial charge in [-0.1, -0.05) is 23.8 Å². The van der Waals surface area contributed by atoms with Gasteiger partial charge in [-0.15, -0.1) is 0 Å². The van der Waals surface area contributed by atoms with Gasteiger partial charge in [0.2, 0.25) is 5.56 Å². The predicted octanol–water partition coefficient (Wildman–Crippen LogP) is 3.70. The number of rotatable bonds is 2. The average Bonchev–Trinajstić information content (AvgIpc) is 2.51. The standard InChI is InChI=1S/C20H24N2O/c1-5-7-10-21-20-13-14(3)11-15(16(20)6-2)12-18-17(20)8-9-19(23)22(18)4/h5-11,15H,12-13H2,1-4H3/b7-5+,16-6-,21-10?. The number of fused-ring (bicyclic) bond motifs is 4. The second-order valence-electron chi connectivity index (χ2n) is 6.50. The van der Waals surface area contributed by atoms with Crippen molar-refractivity contribution in [1.82, 2.24) is 4.57 Å². The first-order valence-corrected chi connectivity index (χ1v) is 8.23. The molecule has 1 heterocycles.